The summed E-state index contributed by atoms with van der Waals surface area (Å²) in [6.07, 6.45) is 6.68. The molecule has 0 aromatic heterocycles. The Labute approximate surface area is 128 Å². The van der Waals surface area contributed by atoms with Crippen molar-refractivity contribution in [3.05, 3.63) is 29.3 Å². The second-order valence-electron chi connectivity index (χ2n) is 6.18. The van der Waals surface area contributed by atoms with Crippen LogP contribution in [0.25, 0.3) is 0 Å². The second kappa shape index (κ2) is 7.81. The number of aryl methyl sites for hydroxylation is 1. The molecule has 1 aromatic carbocycles. The second-order valence-corrected chi connectivity index (χ2v) is 6.18. The third kappa shape index (κ3) is 4.21. The van der Waals surface area contributed by atoms with E-state index in [0.29, 0.717) is 18.6 Å². The molecule has 2 rings (SSSR count). The minimum atomic E-state index is -0.126. The van der Waals surface area contributed by atoms with Gasteiger partial charge in [-0.25, -0.2) is 0 Å². The first kappa shape index (κ1) is 16.3. The van der Waals surface area contributed by atoms with Gasteiger partial charge in [0.2, 0.25) is 0 Å². The Bertz CT molecular complexity index is 447. The highest BCUT2D eigenvalue weighted by Gasteiger charge is 2.25. The largest absolute Gasteiger partial charge is 0.496 e. The van der Waals surface area contributed by atoms with Gasteiger partial charge >= 0.3 is 0 Å². The highest BCUT2D eigenvalue weighted by Crippen LogP contribution is 2.31. The van der Waals surface area contributed by atoms with Crippen molar-refractivity contribution in [3.63, 3.8) is 0 Å². The van der Waals surface area contributed by atoms with Gasteiger partial charge in [0.25, 0.3) is 0 Å². The van der Waals surface area contributed by atoms with Crippen molar-refractivity contribution in [2.24, 2.45) is 11.7 Å². The fraction of sp³-hybridized carbons (Fsp3) is 0.667. The first-order valence-corrected chi connectivity index (χ1v) is 8.17. The first-order valence-electron chi connectivity index (χ1n) is 8.17. The molecule has 1 saturated carbocycles. The van der Waals surface area contributed by atoms with E-state index >= 15 is 0 Å². The van der Waals surface area contributed by atoms with Gasteiger partial charge < -0.3 is 15.2 Å². The predicted octanol–water partition coefficient (Wildman–Crippen LogP) is 3.99. The van der Waals surface area contributed by atoms with Crippen molar-refractivity contribution in [2.75, 3.05) is 13.7 Å². The molecule has 3 atom stereocenters. The SMILES string of the molecule is CCC1CCCCC1OCC(N)c1cc(C)ccc1OC. The standard InChI is InChI=1S/C18H29NO2/c1-4-14-7-5-6-8-17(14)21-12-16(19)15-11-13(2)9-10-18(15)20-3/h9-11,14,16-17H,4-8,12,19H2,1-3H3. The highest BCUT2D eigenvalue weighted by molar-refractivity contribution is 5.39. The van der Waals surface area contributed by atoms with E-state index in [2.05, 4.69) is 19.9 Å². The molecule has 3 heteroatoms. The Hall–Kier alpha value is -1.06. The monoisotopic (exact) mass is 291 g/mol. The normalized spacial score (nSPS) is 23.8. The quantitative estimate of drug-likeness (QED) is 0.862. The van der Waals surface area contributed by atoms with Crippen molar-refractivity contribution in [2.45, 2.75) is 58.1 Å². The fourth-order valence-corrected chi connectivity index (χ4v) is 3.32. The third-order valence-corrected chi connectivity index (χ3v) is 4.64. The highest BCUT2D eigenvalue weighted by atomic mass is 16.5. The van der Waals surface area contributed by atoms with Gasteiger partial charge in [-0.05, 0) is 31.7 Å². The van der Waals surface area contributed by atoms with Gasteiger partial charge in [-0.3, -0.25) is 0 Å². The van der Waals surface area contributed by atoms with E-state index in [-0.39, 0.29) is 6.04 Å². The van der Waals surface area contributed by atoms with Crippen LogP contribution in [0.4, 0.5) is 0 Å². The Morgan fingerprint density at radius 1 is 1.29 bits per heavy atom. The zero-order chi connectivity index (χ0) is 15.2. The number of nitrogens with two attached hydrogens (primary N) is 1. The molecule has 3 nitrogen and oxygen atoms in total. The molecule has 1 aliphatic rings. The van der Waals surface area contributed by atoms with Gasteiger partial charge in [0.1, 0.15) is 5.75 Å². The number of methoxy groups -OCH3 is 1. The van der Waals surface area contributed by atoms with Crippen LogP contribution in [-0.4, -0.2) is 19.8 Å². The van der Waals surface area contributed by atoms with Crippen molar-refractivity contribution in [1.29, 1.82) is 0 Å². The van der Waals surface area contributed by atoms with Gasteiger partial charge in [-0.2, -0.15) is 0 Å². The van der Waals surface area contributed by atoms with Gasteiger partial charge in [0.15, 0.2) is 0 Å². The lowest BCUT2D eigenvalue weighted by molar-refractivity contribution is -0.0182. The molecular weight excluding hydrogens is 262 g/mol. The molecule has 0 radical (unpaired) electrons. The molecule has 0 spiro atoms. The Morgan fingerprint density at radius 3 is 2.76 bits per heavy atom. The molecule has 0 saturated heterocycles. The Morgan fingerprint density at radius 2 is 2.05 bits per heavy atom. The lowest BCUT2D eigenvalue weighted by atomic mass is 9.85. The van der Waals surface area contributed by atoms with Crippen LogP contribution in [-0.2, 0) is 4.74 Å². The van der Waals surface area contributed by atoms with Crippen LogP contribution in [0.2, 0.25) is 0 Å². The molecule has 1 fully saturated rings. The van der Waals surface area contributed by atoms with E-state index < -0.39 is 0 Å². The first-order chi connectivity index (χ1) is 10.2. The van der Waals surface area contributed by atoms with Gasteiger partial charge in [0, 0.05) is 5.56 Å². The van der Waals surface area contributed by atoms with Crippen LogP contribution in [0.1, 0.15) is 56.2 Å². The van der Waals surface area contributed by atoms with Crippen molar-refractivity contribution >= 4 is 0 Å². The van der Waals surface area contributed by atoms with E-state index in [1.165, 1.54) is 37.7 Å². The molecule has 0 bridgehead atoms. The molecule has 118 valence electrons. The molecular formula is C18H29NO2. The summed E-state index contributed by atoms with van der Waals surface area (Å²) in [6, 6.07) is 6.01. The van der Waals surface area contributed by atoms with Crippen LogP contribution < -0.4 is 10.5 Å². The van der Waals surface area contributed by atoms with Crippen LogP contribution in [0, 0.1) is 12.8 Å². The fourth-order valence-electron chi connectivity index (χ4n) is 3.32. The number of hydrogen-bond acceptors (Lipinski definition) is 3. The summed E-state index contributed by atoms with van der Waals surface area (Å²) in [5.41, 5.74) is 8.58. The molecule has 2 N–H and O–H groups in total. The van der Waals surface area contributed by atoms with Crippen molar-refractivity contribution in [3.8, 4) is 5.75 Å². The summed E-state index contributed by atoms with van der Waals surface area (Å²) in [7, 11) is 1.69. The smallest absolute Gasteiger partial charge is 0.123 e. The minimum Gasteiger partial charge on any atom is -0.496 e. The van der Waals surface area contributed by atoms with Crippen molar-refractivity contribution < 1.29 is 9.47 Å². The molecule has 1 aliphatic carbocycles. The summed E-state index contributed by atoms with van der Waals surface area (Å²) in [6.45, 7) is 4.90. The molecule has 0 aliphatic heterocycles. The van der Waals surface area contributed by atoms with Crippen LogP contribution in [0.3, 0.4) is 0 Å². The van der Waals surface area contributed by atoms with E-state index in [4.69, 9.17) is 15.2 Å². The van der Waals surface area contributed by atoms with E-state index in [1.54, 1.807) is 7.11 Å². The van der Waals surface area contributed by atoms with Gasteiger partial charge in [0.05, 0.1) is 25.9 Å². The average molecular weight is 291 g/mol. The van der Waals surface area contributed by atoms with Gasteiger partial charge in [-0.1, -0.05) is 43.9 Å². The molecule has 0 heterocycles. The molecule has 3 unspecified atom stereocenters. The van der Waals surface area contributed by atoms with Crippen LogP contribution in [0.5, 0.6) is 5.75 Å². The zero-order valence-electron chi connectivity index (χ0n) is 13.6. The number of benzene rings is 1. The summed E-state index contributed by atoms with van der Waals surface area (Å²) in [4.78, 5) is 0. The van der Waals surface area contributed by atoms with Crippen molar-refractivity contribution in [1.82, 2.24) is 0 Å². The van der Waals surface area contributed by atoms with E-state index in [1.807, 2.05) is 12.1 Å². The lowest BCUT2D eigenvalue weighted by Crippen LogP contribution is -2.30. The molecule has 1 aromatic rings. The van der Waals surface area contributed by atoms with Crippen LogP contribution in [0.15, 0.2) is 18.2 Å². The molecule has 21 heavy (non-hydrogen) atoms. The van der Waals surface area contributed by atoms with E-state index in [9.17, 15) is 0 Å². The lowest BCUT2D eigenvalue weighted by Gasteiger charge is -2.31. The zero-order valence-corrected chi connectivity index (χ0v) is 13.6. The third-order valence-electron chi connectivity index (χ3n) is 4.64. The minimum absolute atomic E-state index is 0.126. The summed E-state index contributed by atoms with van der Waals surface area (Å²) < 4.78 is 11.6. The van der Waals surface area contributed by atoms with Gasteiger partial charge in [-0.15, -0.1) is 0 Å². The maximum atomic E-state index is 6.34. The number of ether oxygens (including phenoxy) is 2. The maximum Gasteiger partial charge on any atom is 0.123 e. The average Bonchev–Trinajstić information content (AvgIpc) is 2.52. The van der Waals surface area contributed by atoms with E-state index in [0.717, 1.165) is 11.3 Å². The Kier molecular flexibility index (Phi) is 6.07. The van der Waals surface area contributed by atoms with Crippen LogP contribution >= 0.6 is 0 Å². The molecule has 0 amide bonds. The summed E-state index contributed by atoms with van der Waals surface area (Å²) >= 11 is 0. The topological polar surface area (TPSA) is 44.5 Å². The number of rotatable bonds is 6. The predicted molar refractivity (Wildman–Crippen MR) is 86.6 cm³/mol. The maximum absolute atomic E-state index is 6.34. The Balaban J connectivity index is 1.97. The summed E-state index contributed by atoms with van der Waals surface area (Å²) in [5, 5.41) is 0. The summed E-state index contributed by atoms with van der Waals surface area (Å²) in [5.74, 6) is 1.55. The number of hydrogen-bond donors (Lipinski definition) is 1.